The SMILES string of the molecule is CCCCCCn1c(SCC(=O)NCC(=O)Nc2cccc(C)c2C)nc2ccccc2c1=O. The highest BCUT2D eigenvalue weighted by Crippen LogP contribution is 2.19. The van der Waals surface area contributed by atoms with Crippen LogP contribution in [0.3, 0.4) is 0 Å². The number of thioether (sulfide) groups is 1. The molecule has 0 aliphatic rings. The maximum atomic E-state index is 13.1. The second kappa shape index (κ2) is 12.4. The predicted octanol–water partition coefficient (Wildman–Crippen LogP) is 4.44. The van der Waals surface area contributed by atoms with Crippen molar-refractivity contribution in [3.8, 4) is 0 Å². The van der Waals surface area contributed by atoms with Gasteiger partial charge in [0.05, 0.1) is 23.2 Å². The number of para-hydroxylation sites is 1. The minimum atomic E-state index is -0.291. The van der Waals surface area contributed by atoms with Crippen LogP contribution in [-0.2, 0) is 16.1 Å². The zero-order valence-electron chi connectivity index (χ0n) is 20.0. The van der Waals surface area contributed by atoms with Crippen molar-refractivity contribution in [2.24, 2.45) is 0 Å². The van der Waals surface area contributed by atoms with E-state index in [0.717, 1.165) is 42.5 Å². The fourth-order valence-electron chi connectivity index (χ4n) is 3.59. The zero-order chi connectivity index (χ0) is 24.5. The molecule has 180 valence electrons. The van der Waals surface area contributed by atoms with Crippen LogP contribution in [0, 0.1) is 13.8 Å². The molecule has 1 heterocycles. The number of hydrogen-bond acceptors (Lipinski definition) is 5. The lowest BCUT2D eigenvalue weighted by Gasteiger charge is -2.13. The highest BCUT2D eigenvalue weighted by atomic mass is 32.2. The van der Waals surface area contributed by atoms with Gasteiger partial charge in [-0.25, -0.2) is 4.98 Å². The standard InChI is InChI=1S/C26H32N4O3S/c1-4-5-6-9-15-30-25(33)20-12-7-8-13-22(20)29-26(30)34-17-24(32)27-16-23(31)28-21-14-10-11-18(2)19(21)3/h7-8,10-14H,4-6,9,15-17H2,1-3H3,(H,27,32)(H,28,31). The molecule has 2 N–H and O–H groups in total. The van der Waals surface area contributed by atoms with Crippen molar-refractivity contribution in [3.63, 3.8) is 0 Å². The number of benzene rings is 2. The van der Waals surface area contributed by atoms with E-state index in [0.29, 0.717) is 22.6 Å². The van der Waals surface area contributed by atoms with Gasteiger partial charge in [-0.05, 0) is 49.6 Å². The summed E-state index contributed by atoms with van der Waals surface area (Å²) in [6.07, 6.45) is 4.15. The Morgan fingerprint density at radius 3 is 2.59 bits per heavy atom. The molecular formula is C26H32N4O3S. The number of fused-ring (bicyclic) bond motifs is 1. The van der Waals surface area contributed by atoms with E-state index in [1.807, 2.05) is 44.2 Å². The molecule has 34 heavy (non-hydrogen) atoms. The second-order valence-corrected chi connectivity index (χ2v) is 9.23. The van der Waals surface area contributed by atoms with Gasteiger partial charge in [0.15, 0.2) is 5.16 Å². The lowest BCUT2D eigenvalue weighted by Crippen LogP contribution is -2.34. The summed E-state index contributed by atoms with van der Waals surface area (Å²) >= 11 is 1.22. The molecule has 0 aliphatic heterocycles. The van der Waals surface area contributed by atoms with Crippen LogP contribution in [0.1, 0.15) is 43.7 Å². The summed E-state index contributed by atoms with van der Waals surface area (Å²) in [5.41, 5.74) is 3.35. The van der Waals surface area contributed by atoms with Gasteiger partial charge in [-0.15, -0.1) is 0 Å². The van der Waals surface area contributed by atoms with Gasteiger partial charge >= 0.3 is 0 Å². The molecule has 3 aromatic rings. The van der Waals surface area contributed by atoms with Gasteiger partial charge < -0.3 is 10.6 Å². The maximum absolute atomic E-state index is 13.1. The summed E-state index contributed by atoms with van der Waals surface area (Å²) < 4.78 is 1.67. The molecule has 0 fully saturated rings. The summed E-state index contributed by atoms with van der Waals surface area (Å²) in [6.45, 7) is 6.51. The highest BCUT2D eigenvalue weighted by Gasteiger charge is 2.14. The molecular weight excluding hydrogens is 448 g/mol. The lowest BCUT2D eigenvalue weighted by atomic mass is 10.1. The largest absolute Gasteiger partial charge is 0.346 e. The summed E-state index contributed by atoms with van der Waals surface area (Å²) in [4.78, 5) is 42.4. The average molecular weight is 481 g/mol. The normalized spacial score (nSPS) is 10.9. The molecule has 0 atom stereocenters. The number of hydrogen-bond donors (Lipinski definition) is 2. The van der Waals surface area contributed by atoms with Crippen LogP contribution in [0.4, 0.5) is 5.69 Å². The van der Waals surface area contributed by atoms with Crippen LogP contribution in [0.5, 0.6) is 0 Å². The quantitative estimate of drug-likeness (QED) is 0.240. The van der Waals surface area contributed by atoms with Gasteiger partial charge in [0.1, 0.15) is 0 Å². The highest BCUT2D eigenvalue weighted by molar-refractivity contribution is 7.99. The fraction of sp³-hybridized carbons (Fsp3) is 0.385. The first kappa shape index (κ1) is 25.5. The second-order valence-electron chi connectivity index (χ2n) is 8.29. The number of rotatable bonds is 11. The van der Waals surface area contributed by atoms with Gasteiger partial charge in [0, 0.05) is 12.2 Å². The molecule has 0 saturated heterocycles. The minimum Gasteiger partial charge on any atom is -0.346 e. The molecule has 7 nitrogen and oxygen atoms in total. The fourth-order valence-corrected chi connectivity index (χ4v) is 4.45. The summed E-state index contributed by atoms with van der Waals surface area (Å²) in [5.74, 6) is -0.513. The predicted molar refractivity (Wildman–Crippen MR) is 138 cm³/mol. The van der Waals surface area contributed by atoms with Crippen LogP contribution < -0.4 is 16.2 Å². The lowest BCUT2D eigenvalue weighted by molar-refractivity contribution is -0.122. The molecule has 1 aromatic heterocycles. The number of unbranched alkanes of at least 4 members (excludes halogenated alkanes) is 3. The Hall–Kier alpha value is -3.13. The summed E-state index contributed by atoms with van der Waals surface area (Å²) in [7, 11) is 0. The number of carbonyl (C=O) groups is 2. The van der Waals surface area contributed by atoms with E-state index in [9.17, 15) is 14.4 Å². The van der Waals surface area contributed by atoms with E-state index < -0.39 is 0 Å². The van der Waals surface area contributed by atoms with E-state index >= 15 is 0 Å². The molecule has 2 amide bonds. The molecule has 2 aromatic carbocycles. The molecule has 0 saturated carbocycles. The molecule has 3 rings (SSSR count). The van der Waals surface area contributed by atoms with Crippen molar-refractivity contribution >= 4 is 40.2 Å². The first-order valence-electron chi connectivity index (χ1n) is 11.7. The van der Waals surface area contributed by atoms with E-state index in [2.05, 4.69) is 22.5 Å². The first-order chi connectivity index (χ1) is 16.4. The summed E-state index contributed by atoms with van der Waals surface area (Å²) in [6, 6.07) is 13.0. The molecule has 0 radical (unpaired) electrons. The van der Waals surface area contributed by atoms with Crippen molar-refractivity contribution in [3.05, 3.63) is 63.9 Å². The smallest absolute Gasteiger partial charge is 0.262 e. The van der Waals surface area contributed by atoms with Crippen LogP contribution in [0.15, 0.2) is 52.4 Å². The van der Waals surface area contributed by atoms with Crippen LogP contribution >= 0.6 is 11.8 Å². The van der Waals surface area contributed by atoms with Crippen molar-refractivity contribution < 1.29 is 9.59 Å². The van der Waals surface area contributed by atoms with Gasteiger partial charge in [0.25, 0.3) is 5.56 Å². The molecule has 0 aliphatic carbocycles. The van der Waals surface area contributed by atoms with Gasteiger partial charge in [-0.2, -0.15) is 0 Å². The van der Waals surface area contributed by atoms with Gasteiger partial charge in [-0.3, -0.25) is 19.0 Å². The Bertz CT molecular complexity index is 1220. The molecule has 0 bridgehead atoms. The van der Waals surface area contributed by atoms with E-state index in [4.69, 9.17) is 0 Å². The van der Waals surface area contributed by atoms with E-state index in [1.54, 1.807) is 16.7 Å². The van der Waals surface area contributed by atoms with Crippen molar-refractivity contribution in [2.45, 2.75) is 58.2 Å². The monoisotopic (exact) mass is 480 g/mol. The molecule has 0 spiro atoms. The average Bonchev–Trinajstić information content (AvgIpc) is 2.83. The Balaban J connectivity index is 1.62. The maximum Gasteiger partial charge on any atom is 0.262 e. The Labute approximate surface area is 204 Å². The number of aryl methyl sites for hydroxylation is 1. The van der Waals surface area contributed by atoms with Crippen molar-refractivity contribution in [1.82, 2.24) is 14.9 Å². The topological polar surface area (TPSA) is 93.1 Å². The number of aromatic nitrogens is 2. The van der Waals surface area contributed by atoms with Gasteiger partial charge in [0.2, 0.25) is 11.8 Å². The number of carbonyl (C=O) groups excluding carboxylic acids is 2. The number of nitrogens with one attached hydrogen (secondary N) is 2. The third-order valence-corrected chi connectivity index (χ3v) is 6.70. The van der Waals surface area contributed by atoms with Crippen LogP contribution in [-0.4, -0.2) is 33.7 Å². The third kappa shape index (κ3) is 6.70. The number of anilines is 1. The summed E-state index contributed by atoms with van der Waals surface area (Å²) in [5, 5.41) is 6.59. The zero-order valence-corrected chi connectivity index (χ0v) is 20.8. The minimum absolute atomic E-state index is 0.0660. The van der Waals surface area contributed by atoms with E-state index in [-0.39, 0.29) is 29.7 Å². The Morgan fingerprint density at radius 2 is 1.79 bits per heavy atom. The van der Waals surface area contributed by atoms with Crippen LogP contribution in [0.2, 0.25) is 0 Å². The molecule has 0 unspecified atom stereocenters. The Kier molecular flexibility index (Phi) is 9.27. The first-order valence-corrected chi connectivity index (χ1v) is 12.6. The Morgan fingerprint density at radius 1 is 1.00 bits per heavy atom. The number of amides is 2. The van der Waals surface area contributed by atoms with Gasteiger partial charge in [-0.1, -0.05) is 62.2 Å². The van der Waals surface area contributed by atoms with E-state index in [1.165, 1.54) is 11.8 Å². The van der Waals surface area contributed by atoms with Crippen LogP contribution in [0.25, 0.3) is 10.9 Å². The number of nitrogens with zero attached hydrogens (tertiary/aromatic N) is 2. The van der Waals surface area contributed by atoms with Crippen molar-refractivity contribution in [2.75, 3.05) is 17.6 Å². The third-order valence-electron chi connectivity index (χ3n) is 5.72. The van der Waals surface area contributed by atoms with Crippen molar-refractivity contribution in [1.29, 1.82) is 0 Å². The molecule has 8 heteroatoms.